The van der Waals surface area contributed by atoms with Gasteiger partial charge in [-0.05, 0) is 93.7 Å². The zero-order valence-corrected chi connectivity index (χ0v) is 25.0. The Balaban J connectivity index is 1.20. The molecule has 220 valence electrons. The number of benzene rings is 2. The number of nitrogens with zero attached hydrogens (tertiary/aromatic N) is 3. The lowest BCUT2D eigenvalue weighted by Gasteiger charge is -2.38. The summed E-state index contributed by atoms with van der Waals surface area (Å²) in [5, 5.41) is 0.655. The second-order valence-electron chi connectivity index (χ2n) is 13.5. The minimum Gasteiger partial charge on any atom is -0.342 e. The van der Waals surface area contributed by atoms with Crippen LogP contribution in [0.1, 0.15) is 81.4 Å². The molecule has 41 heavy (non-hydrogen) atoms. The number of hydrogen-bond donors (Lipinski definition) is 0. The number of halogens is 3. The van der Waals surface area contributed by atoms with E-state index in [9.17, 15) is 18.4 Å². The smallest absolute Gasteiger partial charge is 0.233 e. The van der Waals surface area contributed by atoms with Gasteiger partial charge < -0.3 is 9.80 Å². The van der Waals surface area contributed by atoms with Gasteiger partial charge in [0, 0.05) is 61.8 Å². The number of carbonyl (C=O) groups is 2. The van der Waals surface area contributed by atoms with Crippen molar-refractivity contribution in [2.45, 2.75) is 75.7 Å². The van der Waals surface area contributed by atoms with E-state index >= 15 is 0 Å². The maximum absolute atomic E-state index is 14.9. The molecule has 8 heteroatoms. The largest absolute Gasteiger partial charge is 0.342 e. The highest BCUT2D eigenvalue weighted by Gasteiger charge is 2.55. The van der Waals surface area contributed by atoms with Crippen molar-refractivity contribution in [3.63, 3.8) is 0 Å². The van der Waals surface area contributed by atoms with Crippen LogP contribution in [-0.2, 0) is 15.0 Å². The molecule has 1 saturated carbocycles. The monoisotopic (exact) mass is 583 g/mol. The van der Waals surface area contributed by atoms with Crippen molar-refractivity contribution in [1.29, 1.82) is 0 Å². The average molecular weight is 584 g/mol. The van der Waals surface area contributed by atoms with E-state index in [0.717, 1.165) is 56.8 Å². The molecule has 0 N–H and O–H groups in total. The number of amides is 2. The summed E-state index contributed by atoms with van der Waals surface area (Å²) >= 11 is 6.46. The summed E-state index contributed by atoms with van der Waals surface area (Å²) in [6.45, 7) is 10.3. The van der Waals surface area contributed by atoms with Crippen molar-refractivity contribution in [2.24, 2.45) is 5.92 Å². The van der Waals surface area contributed by atoms with E-state index < -0.39 is 17.0 Å². The standard InChI is InChI=1S/C33H40ClF2N3O2/c1-32(2,3)39-19-26(25-8-6-23(35)18-29(25)36)27(20-39)30(40)37-15-9-21(10-16-37)24-7-5-22(34)17-28(24)33(11-12-33)31(41)38-13-4-14-38/h5-8,17-18,21,26-27H,4,9-16,19-20H2,1-3H3/t26-,27?/m0/s1. The Morgan fingerprint density at radius 1 is 0.902 bits per heavy atom. The summed E-state index contributed by atoms with van der Waals surface area (Å²) < 4.78 is 28.6. The molecule has 2 amide bonds. The Bertz CT molecular complexity index is 1340. The van der Waals surface area contributed by atoms with Gasteiger partial charge in [-0.25, -0.2) is 8.78 Å². The van der Waals surface area contributed by atoms with Gasteiger partial charge in [0.05, 0.1) is 11.3 Å². The first-order valence-corrected chi connectivity index (χ1v) is 15.4. The van der Waals surface area contributed by atoms with Gasteiger partial charge in [0.1, 0.15) is 11.6 Å². The van der Waals surface area contributed by atoms with E-state index in [1.165, 1.54) is 17.7 Å². The van der Waals surface area contributed by atoms with Crippen molar-refractivity contribution in [1.82, 2.24) is 14.7 Å². The van der Waals surface area contributed by atoms with Gasteiger partial charge in [0.15, 0.2) is 0 Å². The molecule has 0 aromatic heterocycles. The molecule has 6 rings (SSSR count). The summed E-state index contributed by atoms with van der Waals surface area (Å²) in [4.78, 5) is 33.6. The Morgan fingerprint density at radius 2 is 1.59 bits per heavy atom. The van der Waals surface area contributed by atoms with Crippen LogP contribution in [0.15, 0.2) is 36.4 Å². The quantitative estimate of drug-likeness (QED) is 0.427. The maximum Gasteiger partial charge on any atom is 0.233 e. The molecule has 3 saturated heterocycles. The molecule has 4 aliphatic rings. The minimum absolute atomic E-state index is 0.0480. The van der Waals surface area contributed by atoms with Gasteiger partial charge >= 0.3 is 0 Å². The second-order valence-corrected chi connectivity index (χ2v) is 14.0. The molecular weight excluding hydrogens is 544 g/mol. The summed E-state index contributed by atoms with van der Waals surface area (Å²) in [6, 6.07) is 9.73. The lowest BCUT2D eigenvalue weighted by molar-refractivity contribution is -0.137. The van der Waals surface area contributed by atoms with Gasteiger partial charge in [-0.3, -0.25) is 14.5 Å². The fourth-order valence-electron chi connectivity index (χ4n) is 7.21. The summed E-state index contributed by atoms with van der Waals surface area (Å²) in [5.41, 5.74) is 2.07. The van der Waals surface area contributed by atoms with E-state index in [1.54, 1.807) is 0 Å². The first-order chi connectivity index (χ1) is 19.5. The van der Waals surface area contributed by atoms with Crippen molar-refractivity contribution >= 4 is 23.4 Å². The van der Waals surface area contributed by atoms with Crippen molar-refractivity contribution in [3.8, 4) is 0 Å². The third kappa shape index (κ3) is 5.29. The van der Waals surface area contributed by atoms with Crippen LogP contribution in [0, 0.1) is 17.6 Å². The number of rotatable bonds is 5. The van der Waals surface area contributed by atoms with Gasteiger partial charge in [0.25, 0.3) is 0 Å². The maximum atomic E-state index is 14.9. The Hall–Kier alpha value is -2.51. The zero-order chi connectivity index (χ0) is 29.1. The molecule has 1 aliphatic carbocycles. The average Bonchev–Trinajstić information content (AvgIpc) is 3.59. The third-order valence-corrected chi connectivity index (χ3v) is 10.3. The Morgan fingerprint density at radius 3 is 2.17 bits per heavy atom. The molecule has 1 unspecified atom stereocenters. The summed E-state index contributed by atoms with van der Waals surface area (Å²) in [7, 11) is 0. The molecule has 0 spiro atoms. The van der Waals surface area contributed by atoms with Crippen LogP contribution < -0.4 is 0 Å². The molecular formula is C33H40ClF2N3O2. The van der Waals surface area contributed by atoms with Crippen molar-refractivity contribution < 1.29 is 18.4 Å². The van der Waals surface area contributed by atoms with Crippen molar-refractivity contribution in [3.05, 3.63) is 69.7 Å². The highest BCUT2D eigenvalue weighted by Crippen LogP contribution is 2.53. The summed E-state index contributed by atoms with van der Waals surface area (Å²) in [6.07, 6.45) is 4.40. The second kappa shape index (κ2) is 10.6. The molecule has 0 radical (unpaired) electrons. The SMILES string of the molecule is CC(C)(C)N1CC(C(=O)N2CCC(c3ccc(Cl)cc3C3(C(=O)N4CCC4)CC3)CC2)[C@H](c2ccc(F)cc2F)C1. The molecule has 2 atom stereocenters. The van der Waals surface area contributed by atoms with Gasteiger partial charge in [-0.15, -0.1) is 0 Å². The van der Waals surface area contributed by atoms with Gasteiger partial charge in [-0.1, -0.05) is 23.7 Å². The molecule has 0 bridgehead atoms. The van der Waals surface area contributed by atoms with Gasteiger partial charge in [-0.2, -0.15) is 0 Å². The highest BCUT2D eigenvalue weighted by molar-refractivity contribution is 6.30. The normalized spacial score (nSPS) is 24.8. The number of hydrogen-bond acceptors (Lipinski definition) is 3. The number of piperidine rings is 1. The molecule has 3 heterocycles. The third-order valence-electron chi connectivity index (χ3n) is 10.0. The topological polar surface area (TPSA) is 43.9 Å². The molecule has 5 nitrogen and oxygen atoms in total. The van der Waals surface area contributed by atoms with E-state index in [1.807, 2.05) is 21.9 Å². The highest BCUT2D eigenvalue weighted by atomic mass is 35.5. The fraction of sp³-hybridized carbons (Fsp3) is 0.576. The molecule has 4 fully saturated rings. The van der Waals surface area contributed by atoms with E-state index in [0.29, 0.717) is 36.8 Å². The van der Waals surface area contributed by atoms with E-state index in [4.69, 9.17) is 11.6 Å². The lowest BCUT2D eigenvalue weighted by atomic mass is 9.80. The van der Waals surface area contributed by atoms with E-state index in [2.05, 4.69) is 31.7 Å². The van der Waals surface area contributed by atoms with Crippen molar-refractivity contribution in [2.75, 3.05) is 39.3 Å². The van der Waals surface area contributed by atoms with Crippen LogP contribution in [0.25, 0.3) is 0 Å². The Labute approximate surface area is 246 Å². The predicted octanol–water partition coefficient (Wildman–Crippen LogP) is 6.10. The number of likely N-dealkylation sites (tertiary alicyclic amines) is 3. The Kier molecular flexibility index (Phi) is 7.42. The fourth-order valence-corrected chi connectivity index (χ4v) is 7.38. The predicted molar refractivity (Wildman–Crippen MR) is 156 cm³/mol. The van der Waals surface area contributed by atoms with E-state index in [-0.39, 0.29) is 35.1 Å². The first-order valence-electron chi connectivity index (χ1n) is 15.1. The molecule has 2 aromatic carbocycles. The molecule has 3 aliphatic heterocycles. The molecule has 2 aromatic rings. The van der Waals surface area contributed by atoms with Crippen LogP contribution in [0.3, 0.4) is 0 Å². The van der Waals surface area contributed by atoms with Crippen LogP contribution >= 0.6 is 11.6 Å². The lowest BCUT2D eigenvalue weighted by Crippen LogP contribution is -2.47. The zero-order valence-electron chi connectivity index (χ0n) is 24.3. The van der Waals surface area contributed by atoms with Gasteiger partial charge in [0.2, 0.25) is 11.8 Å². The van der Waals surface area contributed by atoms with Crippen LogP contribution in [0.4, 0.5) is 8.78 Å². The van der Waals surface area contributed by atoms with Crippen LogP contribution in [0.2, 0.25) is 5.02 Å². The first kappa shape index (κ1) is 28.6. The van der Waals surface area contributed by atoms with Crippen LogP contribution in [-0.4, -0.2) is 71.3 Å². The number of carbonyl (C=O) groups excluding carboxylic acids is 2. The summed E-state index contributed by atoms with van der Waals surface area (Å²) in [5.74, 6) is -1.38. The minimum atomic E-state index is -0.608. The van der Waals surface area contributed by atoms with Crippen LogP contribution in [0.5, 0.6) is 0 Å².